The van der Waals surface area contributed by atoms with Crippen LogP contribution in [0.2, 0.25) is 0 Å². The van der Waals surface area contributed by atoms with E-state index in [1.165, 1.54) is 0 Å². The third kappa shape index (κ3) is 2.23. The minimum absolute atomic E-state index is 0.0416. The van der Waals surface area contributed by atoms with Gasteiger partial charge in [-0.05, 0) is 31.8 Å². The summed E-state index contributed by atoms with van der Waals surface area (Å²) >= 11 is 0. The van der Waals surface area contributed by atoms with Gasteiger partial charge in [0, 0.05) is 24.7 Å². The van der Waals surface area contributed by atoms with Crippen LogP contribution < -0.4 is 5.32 Å². The minimum Gasteiger partial charge on any atom is -0.316 e. The molecule has 3 unspecified atom stereocenters. The molecule has 116 valence electrons. The lowest BCUT2D eigenvalue weighted by atomic mass is 9.95. The number of nitrogens with one attached hydrogen (secondary N) is 1. The molecule has 0 amide bonds. The van der Waals surface area contributed by atoms with Crippen molar-refractivity contribution in [3.05, 3.63) is 34.6 Å². The van der Waals surface area contributed by atoms with Crippen molar-refractivity contribution in [3.63, 3.8) is 0 Å². The Labute approximate surface area is 118 Å². The van der Waals surface area contributed by atoms with Gasteiger partial charge in [-0.1, -0.05) is 0 Å². The molecule has 7 heteroatoms. The SMILES string of the molecule is CC1C2CNCC2CN1Cc1c(F)c(F)c(F)c(F)c1F. The minimum atomic E-state index is -2.11. The van der Waals surface area contributed by atoms with Gasteiger partial charge in [0.2, 0.25) is 5.82 Å². The van der Waals surface area contributed by atoms with Crippen molar-refractivity contribution in [1.82, 2.24) is 10.2 Å². The first-order chi connectivity index (χ1) is 9.91. The summed E-state index contributed by atoms with van der Waals surface area (Å²) in [5, 5.41) is 3.24. The van der Waals surface area contributed by atoms with Gasteiger partial charge in [-0.2, -0.15) is 0 Å². The maximum Gasteiger partial charge on any atom is 0.200 e. The lowest BCUT2D eigenvalue weighted by molar-refractivity contribution is 0.221. The van der Waals surface area contributed by atoms with Crippen molar-refractivity contribution in [2.45, 2.75) is 19.5 Å². The van der Waals surface area contributed by atoms with E-state index < -0.39 is 34.6 Å². The molecule has 2 aliphatic heterocycles. The van der Waals surface area contributed by atoms with Crippen LogP contribution in [0.4, 0.5) is 22.0 Å². The summed E-state index contributed by atoms with van der Waals surface area (Å²) in [6, 6.07) is 0.0416. The summed E-state index contributed by atoms with van der Waals surface area (Å²) in [4.78, 5) is 1.79. The van der Waals surface area contributed by atoms with Crippen LogP contribution in [-0.4, -0.2) is 30.6 Å². The summed E-state index contributed by atoms with van der Waals surface area (Å²) in [5.74, 6) is -8.60. The maximum absolute atomic E-state index is 13.7. The number of benzene rings is 1. The van der Waals surface area contributed by atoms with Crippen LogP contribution in [0.25, 0.3) is 0 Å². The van der Waals surface area contributed by atoms with Crippen LogP contribution in [0, 0.1) is 40.9 Å². The molecule has 0 bridgehead atoms. The number of fused-ring (bicyclic) bond motifs is 1. The second kappa shape index (κ2) is 5.21. The predicted octanol–water partition coefficient (Wildman–Crippen LogP) is 2.42. The molecule has 2 heterocycles. The van der Waals surface area contributed by atoms with Gasteiger partial charge in [0.15, 0.2) is 23.3 Å². The van der Waals surface area contributed by atoms with Crippen molar-refractivity contribution in [2.75, 3.05) is 19.6 Å². The van der Waals surface area contributed by atoms with E-state index in [9.17, 15) is 22.0 Å². The molecule has 21 heavy (non-hydrogen) atoms. The van der Waals surface area contributed by atoms with Gasteiger partial charge in [-0.25, -0.2) is 22.0 Å². The number of hydrogen-bond acceptors (Lipinski definition) is 2. The van der Waals surface area contributed by atoms with E-state index in [0.717, 1.165) is 13.1 Å². The van der Waals surface area contributed by atoms with Crippen LogP contribution in [0.1, 0.15) is 12.5 Å². The highest BCUT2D eigenvalue weighted by atomic mass is 19.2. The Morgan fingerprint density at radius 2 is 1.52 bits per heavy atom. The molecule has 0 aromatic heterocycles. The summed E-state index contributed by atoms with van der Waals surface area (Å²) in [5.41, 5.74) is -0.744. The van der Waals surface area contributed by atoms with E-state index in [-0.39, 0.29) is 12.6 Å². The molecule has 0 saturated carbocycles. The Balaban J connectivity index is 1.89. The molecular formula is C14H15F5N2. The molecule has 3 atom stereocenters. The average molecular weight is 306 g/mol. The molecule has 1 N–H and O–H groups in total. The lowest BCUT2D eigenvalue weighted by Crippen LogP contribution is -2.33. The first kappa shape index (κ1) is 14.7. The molecule has 2 saturated heterocycles. The molecule has 2 nitrogen and oxygen atoms in total. The molecule has 1 aromatic carbocycles. The Kier molecular flexibility index (Phi) is 3.65. The fourth-order valence-electron chi connectivity index (χ4n) is 3.46. The van der Waals surface area contributed by atoms with E-state index in [1.54, 1.807) is 4.90 Å². The number of nitrogens with zero attached hydrogens (tertiary/aromatic N) is 1. The molecule has 1 aromatic rings. The lowest BCUT2D eigenvalue weighted by Gasteiger charge is -2.24. The Morgan fingerprint density at radius 1 is 0.952 bits per heavy atom. The Bertz CT molecular complexity index is 548. The molecule has 0 spiro atoms. The second-order valence-corrected chi connectivity index (χ2v) is 5.80. The van der Waals surface area contributed by atoms with Crippen molar-refractivity contribution in [1.29, 1.82) is 0 Å². The van der Waals surface area contributed by atoms with Gasteiger partial charge in [0.1, 0.15) is 0 Å². The molecular weight excluding hydrogens is 291 g/mol. The molecule has 3 rings (SSSR count). The van der Waals surface area contributed by atoms with Crippen molar-refractivity contribution in [3.8, 4) is 0 Å². The zero-order chi connectivity index (χ0) is 15.3. The Hall–Kier alpha value is -1.21. The first-order valence-electron chi connectivity index (χ1n) is 6.86. The van der Waals surface area contributed by atoms with Crippen molar-refractivity contribution < 1.29 is 22.0 Å². The topological polar surface area (TPSA) is 15.3 Å². The number of hydrogen-bond donors (Lipinski definition) is 1. The van der Waals surface area contributed by atoms with Crippen molar-refractivity contribution in [2.24, 2.45) is 11.8 Å². The van der Waals surface area contributed by atoms with Gasteiger partial charge in [-0.3, -0.25) is 4.90 Å². The number of likely N-dealkylation sites (tertiary alicyclic amines) is 1. The molecule has 0 aliphatic carbocycles. The van der Waals surface area contributed by atoms with Crippen molar-refractivity contribution >= 4 is 0 Å². The summed E-state index contributed by atoms with van der Waals surface area (Å²) < 4.78 is 66.9. The van der Waals surface area contributed by atoms with E-state index >= 15 is 0 Å². The molecule has 2 fully saturated rings. The van der Waals surface area contributed by atoms with Gasteiger partial charge in [0.25, 0.3) is 0 Å². The molecule has 2 aliphatic rings. The van der Waals surface area contributed by atoms with Crippen LogP contribution in [0.15, 0.2) is 0 Å². The van der Waals surface area contributed by atoms with E-state index in [4.69, 9.17) is 0 Å². The smallest absolute Gasteiger partial charge is 0.200 e. The van der Waals surface area contributed by atoms with Gasteiger partial charge < -0.3 is 5.32 Å². The normalized spacial score (nSPS) is 29.1. The standard InChI is InChI=1S/C14H15F5N2/c1-6-8-3-20-2-7(8)4-21(6)5-9-10(15)12(17)14(19)13(18)11(9)16/h6-8,20H,2-5H2,1H3. The summed E-state index contributed by atoms with van der Waals surface area (Å²) in [7, 11) is 0. The Morgan fingerprint density at radius 3 is 2.10 bits per heavy atom. The third-order valence-electron chi connectivity index (χ3n) is 4.72. The van der Waals surface area contributed by atoms with E-state index in [1.807, 2.05) is 6.92 Å². The van der Waals surface area contributed by atoms with Crippen LogP contribution in [-0.2, 0) is 6.54 Å². The zero-order valence-corrected chi connectivity index (χ0v) is 11.4. The second-order valence-electron chi connectivity index (χ2n) is 5.80. The molecule has 0 radical (unpaired) electrons. The first-order valence-corrected chi connectivity index (χ1v) is 6.86. The fourth-order valence-corrected chi connectivity index (χ4v) is 3.46. The highest BCUT2D eigenvalue weighted by Crippen LogP contribution is 2.34. The van der Waals surface area contributed by atoms with Gasteiger partial charge in [-0.15, -0.1) is 0 Å². The van der Waals surface area contributed by atoms with Gasteiger partial charge >= 0.3 is 0 Å². The zero-order valence-electron chi connectivity index (χ0n) is 11.4. The van der Waals surface area contributed by atoms with E-state index in [2.05, 4.69) is 5.32 Å². The van der Waals surface area contributed by atoms with Crippen LogP contribution in [0.5, 0.6) is 0 Å². The third-order valence-corrected chi connectivity index (χ3v) is 4.72. The predicted molar refractivity (Wildman–Crippen MR) is 66.0 cm³/mol. The van der Waals surface area contributed by atoms with Crippen LogP contribution in [0.3, 0.4) is 0 Å². The monoisotopic (exact) mass is 306 g/mol. The highest BCUT2D eigenvalue weighted by Gasteiger charge is 2.42. The maximum atomic E-state index is 13.7. The average Bonchev–Trinajstić information content (AvgIpc) is 3.03. The highest BCUT2D eigenvalue weighted by molar-refractivity contribution is 5.24. The largest absolute Gasteiger partial charge is 0.316 e. The summed E-state index contributed by atoms with van der Waals surface area (Å²) in [6.45, 7) is 3.89. The fraction of sp³-hybridized carbons (Fsp3) is 0.571. The van der Waals surface area contributed by atoms with E-state index in [0.29, 0.717) is 18.4 Å². The van der Waals surface area contributed by atoms with Crippen LogP contribution >= 0.6 is 0 Å². The van der Waals surface area contributed by atoms with Gasteiger partial charge in [0.05, 0.1) is 0 Å². The summed E-state index contributed by atoms with van der Waals surface area (Å²) in [6.07, 6.45) is 0. The quantitative estimate of drug-likeness (QED) is 0.513. The number of rotatable bonds is 2. The number of halogens is 5.